The molecule has 0 aliphatic rings. The number of carboxylic acid groups (broad SMARTS) is 1. The summed E-state index contributed by atoms with van der Waals surface area (Å²) in [5.74, 6) is -0.868. The zero-order valence-corrected chi connectivity index (χ0v) is 12.6. The Labute approximate surface area is 119 Å². The number of anilines is 1. The number of aliphatic carboxylic acids is 1. The number of sulfonamides is 1. The maximum absolute atomic E-state index is 12.2. The summed E-state index contributed by atoms with van der Waals surface area (Å²) in [7, 11) is -0.586. The van der Waals surface area contributed by atoms with Crippen LogP contribution in [0.1, 0.15) is 19.8 Å². The number of benzene rings is 1. The number of hydrogen-bond acceptors (Lipinski definition) is 4. The lowest BCUT2D eigenvalue weighted by Crippen LogP contribution is -2.25. The molecule has 0 bridgehead atoms. The van der Waals surface area contributed by atoms with Crippen LogP contribution in [0.15, 0.2) is 29.2 Å². The van der Waals surface area contributed by atoms with Crippen molar-refractivity contribution in [2.24, 2.45) is 0 Å². The molecule has 112 valence electrons. The summed E-state index contributed by atoms with van der Waals surface area (Å²) in [5, 5.41) is 11.7. The summed E-state index contributed by atoms with van der Waals surface area (Å²) in [6.07, 6.45) is 0.461. The molecule has 1 rings (SSSR count). The van der Waals surface area contributed by atoms with E-state index >= 15 is 0 Å². The quantitative estimate of drug-likeness (QED) is 0.798. The maximum atomic E-state index is 12.2. The van der Waals surface area contributed by atoms with Gasteiger partial charge in [0, 0.05) is 26.6 Å². The van der Waals surface area contributed by atoms with E-state index in [1.54, 1.807) is 18.2 Å². The first kappa shape index (κ1) is 16.5. The van der Waals surface area contributed by atoms with Gasteiger partial charge in [-0.3, -0.25) is 4.79 Å². The zero-order chi connectivity index (χ0) is 15.3. The standard InChI is InChI=1S/C13H20N2O4S/c1-10(8-9-13(16)17)14-11-6-4-5-7-12(11)20(18,19)15(2)3/h4-7,10,14H,8-9H2,1-3H3,(H,16,17). The lowest BCUT2D eigenvalue weighted by atomic mass is 10.1. The first-order valence-corrected chi connectivity index (χ1v) is 7.69. The Morgan fingerprint density at radius 1 is 1.35 bits per heavy atom. The first-order valence-electron chi connectivity index (χ1n) is 6.25. The number of hydrogen-bond donors (Lipinski definition) is 2. The van der Waals surface area contributed by atoms with Gasteiger partial charge in [0.05, 0.1) is 5.69 Å². The van der Waals surface area contributed by atoms with Gasteiger partial charge in [-0.05, 0) is 25.5 Å². The number of nitrogens with one attached hydrogen (secondary N) is 1. The molecule has 1 unspecified atom stereocenters. The highest BCUT2D eigenvalue weighted by Crippen LogP contribution is 2.24. The zero-order valence-electron chi connectivity index (χ0n) is 11.8. The summed E-state index contributed by atoms with van der Waals surface area (Å²) in [4.78, 5) is 10.7. The molecule has 0 aliphatic carbocycles. The van der Waals surface area contributed by atoms with E-state index in [0.717, 1.165) is 4.31 Å². The third-order valence-electron chi connectivity index (χ3n) is 2.84. The fourth-order valence-corrected chi connectivity index (χ4v) is 2.73. The van der Waals surface area contributed by atoms with E-state index in [1.807, 2.05) is 6.92 Å². The normalized spacial score (nSPS) is 13.2. The van der Waals surface area contributed by atoms with Crippen LogP contribution in [0.3, 0.4) is 0 Å². The summed E-state index contributed by atoms with van der Waals surface area (Å²) in [6.45, 7) is 1.82. The van der Waals surface area contributed by atoms with Crippen molar-refractivity contribution in [3.05, 3.63) is 24.3 Å². The number of carboxylic acids is 1. The van der Waals surface area contributed by atoms with Crippen LogP contribution in [-0.2, 0) is 14.8 Å². The van der Waals surface area contributed by atoms with E-state index in [1.165, 1.54) is 20.2 Å². The minimum atomic E-state index is -3.53. The molecule has 0 saturated carbocycles. The highest BCUT2D eigenvalue weighted by molar-refractivity contribution is 7.89. The van der Waals surface area contributed by atoms with Gasteiger partial charge in [-0.1, -0.05) is 12.1 Å². The number of para-hydroxylation sites is 1. The molecule has 0 spiro atoms. The van der Waals surface area contributed by atoms with Crippen LogP contribution in [0.25, 0.3) is 0 Å². The van der Waals surface area contributed by atoms with Crippen LogP contribution in [0.5, 0.6) is 0 Å². The highest BCUT2D eigenvalue weighted by atomic mass is 32.2. The Bertz CT molecular complexity index is 569. The van der Waals surface area contributed by atoms with Gasteiger partial charge in [0.1, 0.15) is 4.90 Å². The SMILES string of the molecule is CC(CCC(=O)O)Nc1ccccc1S(=O)(=O)N(C)C. The van der Waals surface area contributed by atoms with Crippen LogP contribution < -0.4 is 5.32 Å². The van der Waals surface area contributed by atoms with E-state index in [-0.39, 0.29) is 17.4 Å². The Morgan fingerprint density at radius 2 is 1.95 bits per heavy atom. The lowest BCUT2D eigenvalue weighted by molar-refractivity contribution is -0.137. The van der Waals surface area contributed by atoms with Gasteiger partial charge in [0.25, 0.3) is 0 Å². The first-order chi connectivity index (χ1) is 9.25. The lowest BCUT2D eigenvalue weighted by Gasteiger charge is -2.19. The second kappa shape index (κ2) is 6.71. The minimum Gasteiger partial charge on any atom is -0.481 e. The van der Waals surface area contributed by atoms with Gasteiger partial charge < -0.3 is 10.4 Å². The molecule has 0 fully saturated rings. The average molecular weight is 300 g/mol. The molecule has 20 heavy (non-hydrogen) atoms. The molecule has 1 atom stereocenters. The van der Waals surface area contributed by atoms with Crippen LogP contribution in [0.2, 0.25) is 0 Å². The van der Waals surface area contributed by atoms with Crippen molar-refractivity contribution in [3.8, 4) is 0 Å². The summed E-state index contributed by atoms with van der Waals surface area (Å²) in [6, 6.07) is 6.46. The van der Waals surface area contributed by atoms with Crippen molar-refractivity contribution >= 4 is 21.7 Å². The molecule has 0 aromatic heterocycles. The van der Waals surface area contributed by atoms with Gasteiger partial charge in [-0.2, -0.15) is 0 Å². The second-order valence-electron chi connectivity index (χ2n) is 4.76. The van der Waals surface area contributed by atoms with Crippen LogP contribution in [0, 0.1) is 0 Å². The van der Waals surface area contributed by atoms with Gasteiger partial charge in [-0.15, -0.1) is 0 Å². The Morgan fingerprint density at radius 3 is 2.50 bits per heavy atom. The van der Waals surface area contributed by atoms with Gasteiger partial charge >= 0.3 is 5.97 Å². The molecule has 0 saturated heterocycles. The van der Waals surface area contributed by atoms with E-state index in [4.69, 9.17) is 5.11 Å². The third kappa shape index (κ3) is 4.21. The van der Waals surface area contributed by atoms with Gasteiger partial charge in [0.15, 0.2) is 0 Å². The minimum absolute atomic E-state index is 0.0385. The second-order valence-corrected chi connectivity index (χ2v) is 6.88. The van der Waals surface area contributed by atoms with Crippen molar-refractivity contribution in [3.63, 3.8) is 0 Å². The number of rotatable bonds is 7. The maximum Gasteiger partial charge on any atom is 0.303 e. The fraction of sp³-hybridized carbons (Fsp3) is 0.462. The average Bonchev–Trinajstić information content (AvgIpc) is 2.36. The smallest absolute Gasteiger partial charge is 0.303 e. The monoisotopic (exact) mass is 300 g/mol. The summed E-state index contributed by atoms with van der Waals surface area (Å²) < 4.78 is 25.5. The van der Waals surface area contributed by atoms with Crippen LogP contribution in [-0.4, -0.2) is 43.9 Å². The van der Waals surface area contributed by atoms with E-state index in [2.05, 4.69) is 5.32 Å². The molecule has 1 aromatic rings. The Kier molecular flexibility index (Phi) is 5.52. The van der Waals surface area contributed by atoms with E-state index < -0.39 is 16.0 Å². The van der Waals surface area contributed by atoms with E-state index in [9.17, 15) is 13.2 Å². The predicted molar refractivity (Wildman–Crippen MR) is 77.3 cm³/mol. The molecule has 2 N–H and O–H groups in total. The van der Waals surface area contributed by atoms with Crippen molar-refractivity contribution in [1.82, 2.24) is 4.31 Å². The number of nitrogens with zero attached hydrogens (tertiary/aromatic N) is 1. The number of carbonyl (C=O) groups is 1. The molecule has 0 aliphatic heterocycles. The van der Waals surface area contributed by atoms with Crippen molar-refractivity contribution in [2.45, 2.75) is 30.7 Å². The molecule has 7 heteroatoms. The topological polar surface area (TPSA) is 86.7 Å². The summed E-state index contributed by atoms with van der Waals surface area (Å²) >= 11 is 0. The predicted octanol–water partition coefficient (Wildman–Crippen LogP) is 1.60. The third-order valence-corrected chi connectivity index (χ3v) is 4.71. The van der Waals surface area contributed by atoms with Crippen LogP contribution in [0.4, 0.5) is 5.69 Å². The molecule has 0 radical (unpaired) electrons. The summed E-state index contributed by atoms with van der Waals surface area (Å²) in [5.41, 5.74) is 0.485. The molecular weight excluding hydrogens is 280 g/mol. The van der Waals surface area contributed by atoms with Crippen LogP contribution >= 0.6 is 0 Å². The molecular formula is C13H20N2O4S. The fourth-order valence-electron chi connectivity index (χ4n) is 1.69. The van der Waals surface area contributed by atoms with Gasteiger partial charge in [0.2, 0.25) is 10.0 Å². The molecule has 0 amide bonds. The van der Waals surface area contributed by atoms with Crippen molar-refractivity contribution < 1.29 is 18.3 Å². The Balaban J connectivity index is 2.95. The Hall–Kier alpha value is -1.60. The molecule has 0 heterocycles. The molecule has 6 nitrogen and oxygen atoms in total. The van der Waals surface area contributed by atoms with Gasteiger partial charge in [-0.25, -0.2) is 12.7 Å². The van der Waals surface area contributed by atoms with Crippen molar-refractivity contribution in [1.29, 1.82) is 0 Å². The van der Waals surface area contributed by atoms with Crippen molar-refractivity contribution in [2.75, 3.05) is 19.4 Å². The van der Waals surface area contributed by atoms with E-state index in [0.29, 0.717) is 12.1 Å². The molecule has 1 aromatic carbocycles. The largest absolute Gasteiger partial charge is 0.481 e. The highest BCUT2D eigenvalue weighted by Gasteiger charge is 2.21.